The van der Waals surface area contributed by atoms with Gasteiger partial charge in [-0.15, -0.1) is 6.42 Å². The van der Waals surface area contributed by atoms with Crippen LogP contribution in [0.25, 0.3) is 5.52 Å². The molecule has 0 aliphatic carbocycles. The second-order valence-electron chi connectivity index (χ2n) is 5.99. The third-order valence-corrected chi connectivity index (χ3v) is 4.64. The summed E-state index contributed by atoms with van der Waals surface area (Å²) >= 11 is 0. The van der Waals surface area contributed by atoms with Crippen LogP contribution in [0, 0.1) is 12.3 Å². The van der Waals surface area contributed by atoms with Crippen LogP contribution in [0.1, 0.15) is 35.2 Å². The first kappa shape index (κ1) is 12.5. The Morgan fingerprint density at radius 3 is 3.00 bits per heavy atom. The minimum absolute atomic E-state index is 0.00722. The molecule has 0 aromatic carbocycles. The number of nitrogens with zero attached hydrogens (tertiary/aromatic N) is 1. The lowest BCUT2D eigenvalue weighted by Crippen LogP contribution is -2.42. The van der Waals surface area contributed by atoms with Crippen LogP contribution in [-0.2, 0) is 0 Å². The standard InChI is InChI=1S/C17H17N3O/c1-2-11-7-14-5-3-12(10-20(14)9-11)17(21)19-16-8-13-4-6-15(16)18-13/h1,3,5,7,9-10,13,15-16,18H,4,6,8H2,(H,19,21). The molecule has 21 heavy (non-hydrogen) atoms. The maximum Gasteiger partial charge on any atom is 0.253 e. The van der Waals surface area contributed by atoms with E-state index in [1.165, 1.54) is 6.42 Å². The molecule has 2 aliphatic heterocycles. The first-order valence-corrected chi connectivity index (χ1v) is 7.38. The Labute approximate surface area is 123 Å². The smallest absolute Gasteiger partial charge is 0.253 e. The van der Waals surface area contributed by atoms with Gasteiger partial charge in [-0.3, -0.25) is 4.79 Å². The molecule has 2 aromatic heterocycles. The Balaban J connectivity index is 1.55. The highest BCUT2D eigenvalue weighted by Gasteiger charge is 2.39. The van der Waals surface area contributed by atoms with Crippen LogP contribution in [0.2, 0.25) is 0 Å². The third kappa shape index (κ3) is 2.10. The Morgan fingerprint density at radius 2 is 2.29 bits per heavy atom. The summed E-state index contributed by atoms with van der Waals surface area (Å²) in [5, 5.41) is 6.69. The molecule has 2 saturated heterocycles. The van der Waals surface area contributed by atoms with E-state index in [-0.39, 0.29) is 11.9 Å². The van der Waals surface area contributed by atoms with Crippen molar-refractivity contribution in [3.05, 3.63) is 41.7 Å². The van der Waals surface area contributed by atoms with Crippen molar-refractivity contribution >= 4 is 11.4 Å². The van der Waals surface area contributed by atoms with Gasteiger partial charge in [0.2, 0.25) is 0 Å². The van der Waals surface area contributed by atoms with Gasteiger partial charge in [0.05, 0.1) is 5.56 Å². The summed E-state index contributed by atoms with van der Waals surface area (Å²) in [6, 6.07) is 7.01. The Morgan fingerprint density at radius 1 is 1.38 bits per heavy atom. The molecule has 4 rings (SSSR count). The van der Waals surface area contributed by atoms with Gasteiger partial charge in [0, 0.05) is 41.6 Å². The number of rotatable bonds is 2. The molecule has 1 amide bonds. The van der Waals surface area contributed by atoms with E-state index in [9.17, 15) is 4.79 Å². The van der Waals surface area contributed by atoms with Crippen LogP contribution in [0.5, 0.6) is 0 Å². The van der Waals surface area contributed by atoms with Gasteiger partial charge in [-0.05, 0) is 37.5 Å². The van der Waals surface area contributed by atoms with E-state index in [2.05, 4.69) is 16.6 Å². The van der Waals surface area contributed by atoms with Crippen LogP contribution >= 0.6 is 0 Å². The van der Waals surface area contributed by atoms with Gasteiger partial charge in [-0.1, -0.05) is 5.92 Å². The molecule has 106 valence electrons. The fraction of sp³-hybridized carbons (Fsp3) is 0.353. The predicted octanol–water partition coefficient (Wildman–Crippen LogP) is 1.54. The lowest BCUT2D eigenvalue weighted by Gasteiger charge is -2.21. The third-order valence-electron chi connectivity index (χ3n) is 4.64. The fourth-order valence-corrected chi connectivity index (χ4v) is 3.56. The van der Waals surface area contributed by atoms with E-state index in [1.807, 2.05) is 35.0 Å². The number of nitrogens with one attached hydrogen (secondary N) is 2. The normalized spacial score (nSPS) is 26.9. The molecular weight excluding hydrogens is 262 g/mol. The van der Waals surface area contributed by atoms with Gasteiger partial charge in [0.15, 0.2) is 0 Å². The maximum atomic E-state index is 12.4. The van der Waals surface area contributed by atoms with Crippen LogP contribution in [0.15, 0.2) is 30.6 Å². The zero-order chi connectivity index (χ0) is 14.4. The van der Waals surface area contributed by atoms with Crippen molar-refractivity contribution < 1.29 is 4.79 Å². The average Bonchev–Trinajstić information content (AvgIpc) is 3.20. The minimum Gasteiger partial charge on any atom is -0.348 e. The Kier molecular flexibility index (Phi) is 2.76. The molecule has 4 heteroatoms. The maximum absolute atomic E-state index is 12.4. The molecule has 4 nitrogen and oxygen atoms in total. The first-order chi connectivity index (χ1) is 10.2. The minimum atomic E-state index is -0.00722. The van der Waals surface area contributed by atoms with Gasteiger partial charge < -0.3 is 15.0 Å². The molecular formula is C17H17N3O. The summed E-state index contributed by atoms with van der Waals surface area (Å²) < 4.78 is 1.91. The fourth-order valence-electron chi connectivity index (χ4n) is 3.56. The summed E-state index contributed by atoms with van der Waals surface area (Å²) in [5.74, 6) is 2.61. The van der Waals surface area contributed by atoms with Gasteiger partial charge in [-0.2, -0.15) is 0 Å². The van der Waals surface area contributed by atoms with Gasteiger partial charge in [0.25, 0.3) is 5.91 Å². The molecule has 0 spiro atoms. The van der Waals surface area contributed by atoms with Crippen LogP contribution in [0.4, 0.5) is 0 Å². The van der Waals surface area contributed by atoms with Gasteiger partial charge >= 0.3 is 0 Å². The second-order valence-corrected chi connectivity index (χ2v) is 5.99. The molecule has 2 N–H and O–H groups in total. The average molecular weight is 279 g/mol. The predicted molar refractivity (Wildman–Crippen MR) is 81.1 cm³/mol. The van der Waals surface area contributed by atoms with Gasteiger partial charge in [0.1, 0.15) is 0 Å². The van der Waals surface area contributed by atoms with E-state index in [0.717, 1.165) is 23.9 Å². The zero-order valence-corrected chi connectivity index (χ0v) is 11.7. The Bertz CT molecular complexity index is 755. The molecule has 0 radical (unpaired) electrons. The van der Waals surface area contributed by atoms with Crippen LogP contribution < -0.4 is 10.6 Å². The van der Waals surface area contributed by atoms with Crippen molar-refractivity contribution in [2.24, 2.45) is 0 Å². The van der Waals surface area contributed by atoms with Crippen LogP contribution in [-0.4, -0.2) is 28.4 Å². The lowest BCUT2D eigenvalue weighted by molar-refractivity contribution is 0.0930. The van der Waals surface area contributed by atoms with E-state index in [0.29, 0.717) is 17.6 Å². The molecule has 4 heterocycles. The molecule has 2 aliphatic rings. The van der Waals surface area contributed by atoms with Crippen molar-refractivity contribution in [3.63, 3.8) is 0 Å². The van der Waals surface area contributed by atoms with E-state index < -0.39 is 0 Å². The molecule has 2 fully saturated rings. The summed E-state index contributed by atoms with van der Waals surface area (Å²) in [5.41, 5.74) is 2.50. The van der Waals surface area contributed by atoms with Crippen molar-refractivity contribution in [3.8, 4) is 12.3 Å². The van der Waals surface area contributed by atoms with Crippen molar-refractivity contribution in [1.29, 1.82) is 0 Å². The SMILES string of the molecule is C#Cc1cc2ccc(C(=O)NC3CC4CCC3N4)cn2c1. The number of amides is 1. The van der Waals surface area contributed by atoms with Crippen LogP contribution in [0.3, 0.4) is 0 Å². The number of fused-ring (bicyclic) bond motifs is 3. The summed E-state index contributed by atoms with van der Waals surface area (Å²) in [4.78, 5) is 12.4. The zero-order valence-electron chi connectivity index (χ0n) is 11.7. The highest BCUT2D eigenvalue weighted by Crippen LogP contribution is 2.28. The van der Waals surface area contributed by atoms with Gasteiger partial charge in [-0.25, -0.2) is 0 Å². The van der Waals surface area contributed by atoms with E-state index >= 15 is 0 Å². The summed E-state index contributed by atoms with van der Waals surface area (Å²) in [6.07, 6.45) is 12.6. The number of carbonyl (C=O) groups is 1. The molecule has 2 aromatic rings. The molecule has 2 bridgehead atoms. The number of aromatic nitrogens is 1. The summed E-state index contributed by atoms with van der Waals surface area (Å²) in [6.45, 7) is 0. The molecule has 0 saturated carbocycles. The van der Waals surface area contributed by atoms with Crippen molar-refractivity contribution in [1.82, 2.24) is 15.0 Å². The topological polar surface area (TPSA) is 45.5 Å². The van der Waals surface area contributed by atoms with Crippen molar-refractivity contribution in [2.45, 2.75) is 37.4 Å². The monoisotopic (exact) mass is 279 g/mol. The largest absolute Gasteiger partial charge is 0.348 e. The highest BCUT2D eigenvalue weighted by atomic mass is 16.1. The first-order valence-electron chi connectivity index (χ1n) is 7.38. The number of carbonyl (C=O) groups excluding carboxylic acids is 1. The van der Waals surface area contributed by atoms with E-state index in [1.54, 1.807) is 0 Å². The number of hydrogen-bond donors (Lipinski definition) is 2. The lowest BCUT2D eigenvalue weighted by atomic mass is 9.95. The molecule has 3 atom stereocenters. The Hall–Kier alpha value is -2.25. The number of hydrogen-bond acceptors (Lipinski definition) is 2. The quantitative estimate of drug-likeness (QED) is 0.819. The molecule has 3 unspecified atom stereocenters. The van der Waals surface area contributed by atoms with Crippen molar-refractivity contribution in [2.75, 3.05) is 0 Å². The number of terminal acetylenes is 1. The van der Waals surface area contributed by atoms with E-state index in [4.69, 9.17) is 6.42 Å². The highest BCUT2D eigenvalue weighted by molar-refractivity contribution is 5.94. The number of pyridine rings is 1. The second kappa shape index (κ2) is 4.64. The summed E-state index contributed by atoms with van der Waals surface area (Å²) in [7, 11) is 0.